The number of hydrogen-bond acceptors (Lipinski definition) is 10. The lowest BCUT2D eigenvalue weighted by molar-refractivity contribution is -0.120. The van der Waals surface area contributed by atoms with Gasteiger partial charge < -0.3 is 20.3 Å². The number of likely N-dealkylation sites (tertiary alicyclic amines) is 1. The van der Waals surface area contributed by atoms with Crippen LogP contribution in [0.2, 0.25) is 0 Å². The Morgan fingerprint density at radius 1 is 0.906 bits per heavy atom. The molecule has 4 aliphatic heterocycles. The second-order valence-electron chi connectivity index (χ2n) is 14.6. The first-order valence-electron chi connectivity index (χ1n) is 18.6. The van der Waals surface area contributed by atoms with Crippen LogP contribution in [-0.2, 0) is 4.79 Å². The normalized spacial score (nSPS) is 18.2. The van der Waals surface area contributed by atoms with Crippen LogP contribution < -0.4 is 30.5 Å². The van der Waals surface area contributed by atoms with Crippen molar-refractivity contribution in [2.75, 3.05) is 66.3 Å². The molecule has 3 fully saturated rings. The molecule has 9 rings (SSSR count). The van der Waals surface area contributed by atoms with E-state index in [2.05, 4.69) is 97.2 Å². The smallest absolute Gasteiger partial charge is 0.328 e. The van der Waals surface area contributed by atoms with E-state index in [9.17, 15) is 9.59 Å². The molecule has 3 saturated heterocycles. The monoisotopic (exact) mass is 709 g/mol. The van der Waals surface area contributed by atoms with Crippen molar-refractivity contribution in [3.63, 3.8) is 0 Å². The fourth-order valence-electron chi connectivity index (χ4n) is 8.19. The zero-order chi connectivity index (χ0) is 36.1. The van der Waals surface area contributed by atoms with E-state index in [1.54, 1.807) is 4.90 Å². The Balaban J connectivity index is 0.786. The Morgan fingerprint density at radius 3 is 2.53 bits per heavy atom. The summed E-state index contributed by atoms with van der Waals surface area (Å²) in [6.07, 6.45) is 6.36. The van der Waals surface area contributed by atoms with Crippen molar-refractivity contribution in [2.45, 2.75) is 45.1 Å². The largest absolute Gasteiger partial charge is 0.474 e. The number of piperidine rings is 1. The van der Waals surface area contributed by atoms with Crippen molar-refractivity contribution in [3.8, 4) is 17.0 Å². The molecule has 12 heteroatoms. The molecule has 5 aromatic rings. The van der Waals surface area contributed by atoms with E-state index in [4.69, 9.17) is 9.72 Å². The minimum absolute atomic E-state index is 0.209. The Bertz CT molecular complexity index is 2210. The van der Waals surface area contributed by atoms with E-state index < -0.39 is 0 Å². The van der Waals surface area contributed by atoms with Gasteiger partial charge in [0.15, 0.2) is 0 Å². The molecule has 0 unspecified atom stereocenters. The zero-order valence-electron chi connectivity index (χ0n) is 30.1. The molecule has 0 atom stereocenters. The average Bonchev–Trinajstić information content (AvgIpc) is 3.15. The van der Waals surface area contributed by atoms with Crippen molar-refractivity contribution in [1.82, 2.24) is 25.2 Å². The van der Waals surface area contributed by atoms with Gasteiger partial charge in [0.1, 0.15) is 12.3 Å². The fraction of sp³-hybridized carbons (Fsp3) is 0.341. The van der Waals surface area contributed by atoms with E-state index in [1.807, 2.05) is 25.4 Å². The number of pyridine rings is 1. The van der Waals surface area contributed by atoms with Crippen LogP contribution in [0.1, 0.15) is 41.9 Å². The SMILES string of the molecule is Cc1cc(C2CN(C3CCN(c4ccc(Nc5ncc6ccc(-c7cnc8c(c7C)NCCO8)cc6n5)cc4)CC3)C2)ccc1N1CCC(=O)NC1=O. The van der Waals surface area contributed by atoms with E-state index in [1.165, 1.54) is 11.3 Å². The summed E-state index contributed by atoms with van der Waals surface area (Å²) >= 11 is 0. The van der Waals surface area contributed by atoms with Gasteiger partial charge in [0.25, 0.3) is 0 Å². The van der Waals surface area contributed by atoms with E-state index in [0.29, 0.717) is 43.4 Å². The number of fused-ring (bicyclic) bond motifs is 2. The first-order valence-corrected chi connectivity index (χ1v) is 18.6. The summed E-state index contributed by atoms with van der Waals surface area (Å²) in [7, 11) is 0. The van der Waals surface area contributed by atoms with Gasteiger partial charge in [-0.2, -0.15) is 0 Å². The summed E-state index contributed by atoms with van der Waals surface area (Å²) in [5, 5.41) is 10.2. The first kappa shape index (κ1) is 33.1. The molecule has 0 spiro atoms. The molecular weight excluding hydrogens is 667 g/mol. The minimum atomic E-state index is -0.333. The van der Waals surface area contributed by atoms with Crippen molar-refractivity contribution in [2.24, 2.45) is 0 Å². The quantitative estimate of drug-likeness (QED) is 0.175. The molecular formula is C41H43N9O3. The predicted octanol–water partition coefficient (Wildman–Crippen LogP) is 6.37. The van der Waals surface area contributed by atoms with Gasteiger partial charge in [-0.05, 0) is 85.3 Å². The van der Waals surface area contributed by atoms with Gasteiger partial charge in [-0.15, -0.1) is 0 Å². The highest BCUT2D eigenvalue weighted by Gasteiger charge is 2.35. The van der Waals surface area contributed by atoms with Gasteiger partial charge in [-0.3, -0.25) is 19.9 Å². The zero-order valence-corrected chi connectivity index (χ0v) is 30.1. The lowest BCUT2D eigenvalue weighted by atomic mass is 9.87. The lowest BCUT2D eigenvalue weighted by Crippen LogP contribution is -2.54. The number of ether oxygens (including phenoxy) is 1. The standard InChI is InChI=1S/C41H43N9O3/c1-25-19-27(5-10-36(25)50-17-13-37(51)47-41(50)52)30-23-49(24-30)33-11-15-48(16-12-33)32-8-6-31(7-9-32)45-40-44-21-29-4-3-28(20-35(29)46-40)34-22-43-39-38(26(34)2)42-14-18-53-39/h3-10,19-22,30,33,42H,11-18,23-24H2,1-2H3,(H,44,45,46)(H,47,51,52). The number of aromatic nitrogens is 3. The summed E-state index contributed by atoms with van der Waals surface area (Å²) in [6.45, 7) is 10.2. The van der Waals surface area contributed by atoms with E-state index >= 15 is 0 Å². The van der Waals surface area contributed by atoms with E-state index in [0.717, 1.165) is 95.8 Å². The highest BCUT2D eigenvalue weighted by atomic mass is 16.5. The van der Waals surface area contributed by atoms with Crippen molar-refractivity contribution in [1.29, 1.82) is 0 Å². The number of nitrogens with one attached hydrogen (secondary N) is 3. The molecule has 270 valence electrons. The molecule has 6 heterocycles. The molecule has 3 aromatic carbocycles. The molecule has 4 aliphatic rings. The molecule has 53 heavy (non-hydrogen) atoms. The van der Waals surface area contributed by atoms with Crippen LogP contribution in [-0.4, -0.2) is 83.7 Å². The third-order valence-electron chi connectivity index (χ3n) is 11.3. The van der Waals surface area contributed by atoms with Gasteiger partial charge in [0.2, 0.25) is 17.7 Å². The van der Waals surface area contributed by atoms with Crippen LogP contribution in [0.5, 0.6) is 5.88 Å². The molecule has 0 aliphatic carbocycles. The van der Waals surface area contributed by atoms with Gasteiger partial charge >= 0.3 is 6.03 Å². The van der Waals surface area contributed by atoms with Crippen molar-refractivity contribution < 1.29 is 14.3 Å². The maximum atomic E-state index is 12.3. The first-order chi connectivity index (χ1) is 25.9. The fourth-order valence-corrected chi connectivity index (χ4v) is 8.19. The number of nitrogens with zero attached hydrogens (tertiary/aromatic N) is 6. The second-order valence-corrected chi connectivity index (χ2v) is 14.6. The van der Waals surface area contributed by atoms with Crippen LogP contribution in [0, 0.1) is 13.8 Å². The third kappa shape index (κ3) is 6.48. The Kier molecular flexibility index (Phi) is 8.54. The number of amides is 3. The van der Waals surface area contributed by atoms with Gasteiger partial charge in [-0.1, -0.05) is 24.3 Å². The lowest BCUT2D eigenvalue weighted by Gasteiger charge is -2.48. The Morgan fingerprint density at radius 2 is 1.74 bits per heavy atom. The summed E-state index contributed by atoms with van der Waals surface area (Å²) in [4.78, 5) is 44.7. The number of urea groups is 1. The van der Waals surface area contributed by atoms with Crippen LogP contribution >= 0.6 is 0 Å². The molecule has 0 bridgehead atoms. The molecule has 3 amide bonds. The molecule has 12 nitrogen and oxygen atoms in total. The highest BCUT2D eigenvalue weighted by molar-refractivity contribution is 6.06. The summed E-state index contributed by atoms with van der Waals surface area (Å²) in [5.41, 5.74) is 10.5. The van der Waals surface area contributed by atoms with Gasteiger partial charge in [-0.25, -0.2) is 19.7 Å². The molecule has 2 aromatic heterocycles. The van der Waals surface area contributed by atoms with Gasteiger partial charge in [0.05, 0.1) is 5.52 Å². The summed E-state index contributed by atoms with van der Waals surface area (Å²) in [6, 6.07) is 21.5. The average molecular weight is 710 g/mol. The number of rotatable bonds is 7. The maximum absolute atomic E-state index is 12.3. The molecule has 0 radical (unpaired) electrons. The third-order valence-corrected chi connectivity index (χ3v) is 11.3. The number of benzene rings is 3. The van der Waals surface area contributed by atoms with Crippen LogP contribution in [0.3, 0.4) is 0 Å². The number of anilines is 5. The van der Waals surface area contributed by atoms with Crippen LogP contribution in [0.4, 0.5) is 33.5 Å². The second kappa shape index (κ2) is 13.7. The summed E-state index contributed by atoms with van der Waals surface area (Å²) in [5.74, 6) is 1.52. The predicted molar refractivity (Wildman–Crippen MR) is 207 cm³/mol. The Labute approximate surface area is 308 Å². The summed E-state index contributed by atoms with van der Waals surface area (Å²) < 4.78 is 5.72. The number of aryl methyl sites for hydroxylation is 1. The minimum Gasteiger partial charge on any atom is -0.474 e. The number of carbonyl (C=O) groups is 2. The topological polar surface area (TPSA) is 128 Å². The van der Waals surface area contributed by atoms with Crippen LogP contribution in [0.15, 0.2) is 73.1 Å². The van der Waals surface area contributed by atoms with E-state index in [-0.39, 0.29) is 11.9 Å². The highest BCUT2D eigenvalue weighted by Crippen LogP contribution is 2.37. The molecule has 3 N–H and O–H groups in total. The van der Waals surface area contributed by atoms with Crippen LogP contribution in [0.25, 0.3) is 22.0 Å². The number of hydrogen-bond donors (Lipinski definition) is 3. The molecule has 0 saturated carbocycles. The maximum Gasteiger partial charge on any atom is 0.328 e. The Hall–Kier alpha value is -5.75. The number of imide groups is 1. The van der Waals surface area contributed by atoms with Crippen molar-refractivity contribution in [3.05, 3.63) is 89.7 Å². The van der Waals surface area contributed by atoms with Gasteiger partial charge in [0, 0.05) is 98.1 Å². The number of carbonyl (C=O) groups excluding carboxylic acids is 2. The van der Waals surface area contributed by atoms with Crippen molar-refractivity contribution >= 4 is 51.5 Å².